The van der Waals surface area contributed by atoms with Crippen LogP contribution in [-0.4, -0.2) is 41.5 Å². The molecule has 5 nitrogen and oxygen atoms in total. The van der Waals surface area contributed by atoms with E-state index in [4.69, 9.17) is 4.74 Å². The summed E-state index contributed by atoms with van der Waals surface area (Å²) in [5.74, 6) is 0.714. The molecule has 90 valence electrons. The van der Waals surface area contributed by atoms with E-state index in [2.05, 4.69) is 9.97 Å². The third-order valence-electron chi connectivity index (χ3n) is 2.52. The summed E-state index contributed by atoms with van der Waals surface area (Å²) in [7, 11) is 3.24. The molecular weight excluding hydrogens is 218 g/mol. The van der Waals surface area contributed by atoms with Gasteiger partial charge in [0.15, 0.2) is 0 Å². The van der Waals surface area contributed by atoms with Gasteiger partial charge >= 0.3 is 0 Å². The second kappa shape index (κ2) is 4.97. The lowest BCUT2D eigenvalue weighted by atomic mass is 10.3. The SMILES string of the molecule is COCC(=O)N(C)Cc1nc2ccccc2[nH]1. The van der Waals surface area contributed by atoms with E-state index in [-0.39, 0.29) is 12.5 Å². The maximum absolute atomic E-state index is 11.5. The van der Waals surface area contributed by atoms with Crippen molar-refractivity contribution in [2.75, 3.05) is 20.8 Å². The monoisotopic (exact) mass is 233 g/mol. The van der Waals surface area contributed by atoms with Gasteiger partial charge in [-0.05, 0) is 12.1 Å². The topological polar surface area (TPSA) is 58.2 Å². The van der Waals surface area contributed by atoms with Crippen molar-refractivity contribution in [2.24, 2.45) is 0 Å². The van der Waals surface area contributed by atoms with Crippen molar-refractivity contribution in [2.45, 2.75) is 6.54 Å². The van der Waals surface area contributed by atoms with E-state index >= 15 is 0 Å². The highest BCUT2D eigenvalue weighted by Gasteiger charge is 2.10. The third kappa shape index (κ3) is 2.62. The molecule has 0 saturated carbocycles. The fourth-order valence-electron chi connectivity index (χ4n) is 1.63. The van der Waals surface area contributed by atoms with Crippen molar-refractivity contribution < 1.29 is 9.53 Å². The molecule has 1 aromatic heterocycles. The van der Waals surface area contributed by atoms with Crippen molar-refractivity contribution in [1.29, 1.82) is 0 Å². The molecule has 0 radical (unpaired) electrons. The first-order chi connectivity index (χ1) is 8.20. The minimum absolute atomic E-state index is 0.0621. The predicted molar refractivity (Wildman–Crippen MR) is 64.4 cm³/mol. The molecule has 1 N–H and O–H groups in total. The Balaban J connectivity index is 2.10. The number of fused-ring (bicyclic) bond motifs is 1. The van der Waals surface area contributed by atoms with Gasteiger partial charge in [-0.3, -0.25) is 4.79 Å². The molecule has 1 heterocycles. The highest BCUT2D eigenvalue weighted by molar-refractivity contribution is 5.77. The Labute approximate surface area is 99.4 Å². The van der Waals surface area contributed by atoms with Gasteiger partial charge in [-0.1, -0.05) is 12.1 Å². The van der Waals surface area contributed by atoms with E-state index in [1.165, 1.54) is 7.11 Å². The van der Waals surface area contributed by atoms with Crippen LogP contribution in [0.5, 0.6) is 0 Å². The number of aromatic amines is 1. The van der Waals surface area contributed by atoms with E-state index in [0.29, 0.717) is 6.54 Å². The van der Waals surface area contributed by atoms with Crippen LogP contribution < -0.4 is 0 Å². The van der Waals surface area contributed by atoms with Crippen LogP contribution in [-0.2, 0) is 16.1 Å². The predicted octanol–water partition coefficient (Wildman–Crippen LogP) is 1.17. The number of hydrogen-bond donors (Lipinski definition) is 1. The summed E-state index contributed by atoms with van der Waals surface area (Å²) in [5, 5.41) is 0. The number of hydrogen-bond acceptors (Lipinski definition) is 3. The average Bonchev–Trinajstić information content (AvgIpc) is 2.71. The second-order valence-corrected chi connectivity index (χ2v) is 3.88. The van der Waals surface area contributed by atoms with Gasteiger partial charge in [0.25, 0.3) is 0 Å². The zero-order valence-electron chi connectivity index (χ0n) is 9.93. The van der Waals surface area contributed by atoms with Gasteiger partial charge in [0.05, 0.1) is 17.6 Å². The molecule has 0 aliphatic heterocycles. The van der Waals surface area contributed by atoms with Gasteiger partial charge in [0.1, 0.15) is 12.4 Å². The zero-order chi connectivity index (χ0) is 12.3. The smallest absolute Gasteiger partial charge is 0.248 e. The average molecular weight is 233 g/mol. The molecule has 2 rings (SSSR count). The number of carbonyl (C=O) groups is 1. The van der Waals surface area contributed by atoms with Crippen LogP contribution in [0, 0.1) is 0 Å². The minimum atomic E-state index is -0.0621. The molecule has 0 atom stereocenters. The number of imidazole rings is 1. The lowest BCUT2D eigenvalue weighted by molar-refractivity contribution is -0.134. The molecule has 0 aliphatic rings. The molecule has 17 heavy (non-hydrogen) atoms. The molecule has 0 fully saturated rings. The first-order valence-electron chi connectivity index (χ1n) is 5.37. The number of nitrogens with one attached hydrogen (secondary N) is 1. The largest absolute Gasteiger partial charge is 0.375 e. The van der Waals surface area contributed by atoms with Crippen LogP contribution in [0.1, 0.15) is 5.82 Å². The summed E-state index contributed by atoms with van der Waals surface area (Å²) in [6, 6.07) is 7.78. The van der Waals surface area contributed by atoms with E-state index in [9.17, 15) is 4.79 Å². The Morgan fingerprint density at radius 3 is 2.94 bits per heavy atom. The number of methoxy groups -OCH3 is 1. The van der Waals surface area contributed by atoms with Gasteiger partial charge in [0.2, 0.25) is 5.91 Å². The van der Waals surface area contributed by atoms with E-state index in [1.54, 1.807) is 11.9 Å². The zero-order valence-corrected chi connectivity index (χ0v) is 9.93. The standard InChI is InChI=1S/C12H15N3O2/c1-15(12(16)8-17-2)7-11-13-9-5-3-4-6-10(9)14-11/h3-6H,7-8H2,1-2H3,(H,13,14). The molecular formula is C12H15N3O2. The van der Waals surface area contributed by atoms with Crippen molar-refractivity contribution in [1.82, 2.24) is 14.9 Å². The summed E-state index contributed by atoms with van der Waals surface area (Å²) in [5.41, 5.74) is 1.89. The summed E-state index contributed by atoms with van der Waals surface area (Å²) in [6.45, 7) is 0.549. The molecule has 0 bridgehead atoms. The molecule has 0 spiro atoms. The van der Waals surface area contributed by atoms with Crippen molar-refractivity contribution >= 4 is 16.9 Å². The maximum atomic E-state index is 11.5. The number of likely N-dealkylation sites (N-methyl/N-ethyl adjacent to an activating group) is 1. The third-order valence-corrected chi connectivity index (χ3v) is 2.52. The van der Waals surface area contributed by atoms with Crippen molar-refractivity contribution in [3.8, 4) is 0 Å². The molecule has 1 amide bonds. The maximum Gasteiger partial charge on any atom is 0.248 e. The van der Waals surface area contributed by atoms with Crippen molar-refractivity contribution in [3.63, 3.8) is 0 Å². The van der Waals surface area contributed by atoms with Crippen molar-refractivity contribution in [3.05, 3.63) is 30.1 Å². The molecule has 0 saturated heterocycles. The number of ether oxygens (including phenoxy) is 1. The van der Waals surface area contributed by atoms with Gasteiger partial charge in [-0.2, -0.15) is 0 Å². The summed E-state index contributed by atoms with van der Waals surface area (Å²) < 4.78 is 4.80. The summed E-state index contributed by atoms with van der Waals surface area (Å²) >= 11 is 0. The Morgan fingerprint density at radius 1 is 1.47 bits per heavy atom. The van der Waals surface area contributed by atoms with Crippen LogP contribution in [0.3, 0.4) is 0 Å². The summed E-state index contributed by atoms with van der Waals surface area (Å²) in [4.78, 5) is 20.7. The molecule has 5 heteroatoms. The second-order valence-electron chi connectivity index (χ2n) is 3.88. The minimum Gasteiger partial charge on any atom is -0.375 e. The van der Waals surface area contributed by atoms with Gasteiger partial charge in [0, 0.05) is 14.2 Å². The Hall–Kier alpha value is -1.88. The number of H-pyrrole nitrogens is 1. The highest BCUT2D eigenvalue weighted by atomic mass is 16.5. The van der Waals surface area contributed by atoms with E-state index in [0.717, 1.165) is 16.9 Å². The Bertz CT molecular complexity index is 488. The lowest BCUT2D eigenvalue weighted by Gasteiger charge is -2.14. The number of rotatable bonds is 4. The van der Waals surface area contributed by atoms with Gasteiger partial charge in [-0.25, -0.2) is 4.98 Å². The quantitative estimate of drug-likeness (QED) is 0.862. The molecule has 1 aromatic carbocycles. The number of nitrogens with zero attached hydrogens (tertiary/aromatic N) is 2. The number of para-hydroxylation sites is 2. The first kappa shape index (κ1) is 11.6. The fraction of sp³-hybridized carbons (Fsp3) is 0.333. The lowest BCUT2D eigenvalue weighted by Crippen LogP contribution is -2.29. The van der Waals surface area contributed by atoms with Gasteiger partial charge < -0.3 is 14.6 Å². The first-order valence-corrected chi connectivity index (χ1v) is 5.37. The molecule has 2 aromatic rings. The van der Waals surface area contributed by atoms with E-state index < -0.39 is 0 Å². The van der Waals surface area contributed by atoms with Crippen LogP contribution in [0.2, 0.25) is 0 Å². The number of amides is 1. The van der Waals surface area contributed by atoms with E-state index in [1.807, 2.05) is 24.3 Å². The molecule has 0 aliphatic carbocycles. The Morgan fingerprint density at radius 2 is 2.24 bits per heavy atom. The van der Waals surface area contributed by atoms with Crippen LogP contribution >= 0.6 is 0 Å². The Kier molecular flexibility index (Phi) is 3.39. The van der Waals surface area contributed by atoms with Crippen LogP contribution in [0.15, 0.2) is 24.3 Å². The van der Waals surface area contributed by atoms with Gasteiger partial charge in [-0.15, -0.1) is 0 Å². The highest BCUT2D eigenvalue weighted by Crippen LogP contribution is 2.11. The number of benzene rings is 1. The van der Waals surface area contributed by atoms with Crippen LogP contribution in [0.25, 0.3) is 11.0 Å². The summed E-state index contributed by atoms with van der Waals surface area (Å²) in [6.07, 6.45) is 0. The normalized spacial score (nSPS) is 10.7. The number of carbonyl (C=O) groups excluding carboxylic acids is 1. The number of aromatic nitrogens is 2. The fourth-order valence-corrected chi connectivity index (χ4v) is 1.63. The molecule has 0 unspecified atom stereocenters. The van der Waals surface area contributed by atoms with Crippen LogP contribution in [0.4, 0.5) is 0 Å².